The zero-order valence-corrected chi connectivity index (χ0v) is 13.8. The predicted molar refractivity (Wildman–Crippen MR) is 99.8 cm³/mol. The molecule has 0 fully saturated rings. The van der Waals surface area contributed by atoms with Crippen LogP contribution in [0.25, 0.3) is 22.0 Å². The number of hydrogen-bond acceptors (Lipinski definition) is 3. The summed E-state index contributed by atoms with van der Waals surface area (Å²) in [6.45, 7) is 1.99. The van der Waals surface area contributed by atoms with Gasteiger partial charge in [0.05, 0.1) is 11.4 Å². The van der Waals surface area contributed by atoms with Gasteiger partial charge in [-0.2, -0.15) is 5.10 Å². The summed E-state index contributed by atoms with van der Waals surface area (Å²) < 4.78 is 1.97. The first kappa shape index (κ1) is 14.1. The Bertz CT molecular complexity index is 1110. The highest BCUT2D eigenvalue weighted by atomic mass is 16.3. The average Bonchev–Trinajstić information content (AvgIpc) is 3.03. The van der Waals surface area contributed by atoms with Gasteiger partial charge in [0.15, 0.2) is 6.17 Å². The van der Waals surface area contributed by atoms with Gasteiger partial charge < -0.3 is 10.4 Å². The molecule has 5 rings (SSSR count). The Kier molecular flexibility index (Phi) is 2.88. The summed E-state index contributed by atoms with van der Waals surface area (Å²) in [5.74, 6) is 0.273. The lowest BCUT2D eigenvalue weighted by molar-refractivity contribution is 0.454. The summed E-state index contributed by atoms with van der Waals surface area (Å²) in [7, 11) is 0. The van der Waals surface area contributed by atoms with Crippen LogP contribution in [0.15, 0.2) is 66.7 Å². The highest BCUT2D eigenvalue weighted by molar-refractivity contribution is 5.89. The number of phenols is 1. The lowest BCUT2D eigenvalue weighted by atomic mass is 9.98. The van der Waals surface area contributed by atoms with E-state index >= 15 is 0 Å². The molecule has 122 valence electrons. The Morgan fingerprint density at radius 1 is 1.00 bits per heavy atom. The second-order valence-electron chi connectivity index (χ2n) is 6.43. The van der Waals surface area contributed by atoms with Gasteiger partial charge in [-0.15, -0.1) is 0 Å². The van der Waals surface area contributed by atoms with Crippen molar-refractivity contribution in [3.8, 4) is 17.0 Å². The minimum absolute atomic E-state index is 0.260. The summed E-state index contributed by atoms with van der Waals surface area (Å²) in [5.41, 5.74) is 5.03. The number of nitrogens with zero attached hydrogens (tertiary/aromatic N) is 2. The molecule has 1 unspecified atom stereocenters. The molecule has 4 heteroatoms. The second-order valence-corrected chi connectivity index (χ2v) is 6.43. The van der Waals surface area contributed by atoms with Crippen LogP contribution in [0, 0.1) is 6.92 Å². The molecule has 1 aromatic heterocycles. The molecule has 0 bridgehead atoms. The third-order valence-corrected chi connectivity index (χ3v) is 4.82. The van der Waals surface area contributed by atoms with Crippen molar-refractivity contribution in [1.29, 1.82) is 0 Å². The van der Waals surface area contributed by atoms with Gasteiger partial charge in [-0.1, -0.05) is 48.5 Å². The van der Waals surface area contributed by atoms with E-state index in [2.05, 4.69) is 29.6 Å². The number of benzene rings is 3. The van der Waals surface area contributed by atoms with Crippen molar-refractivity contribution in [3.05, 3.63) is 78.0 Å². The van der Waals surface area contributed by atoms with Crippen LogP contribution < -0.4 is 5.32 Å². The molecule has 1 aliphatic heterocycles. The smallest absolute Gasteiger partial charge is 0.151 e. The van der Waals surface area contributed by atoms with Gasteiger partial charge in [-0.05, 0) is 35.9 Å². The maximum atomic E-state index is 10.7. The number of hydrogen-bond donors (Lipinski definition) is 2. The number of aromatic hydroxyl groups is 1. The van der Waals surface area contributed by atoms with Crippen LogP contribution >= 0.6 is 0 Å². The summed E-state index contributed by atoms with van der Waals surface area (Å²) >= 11 is 0. The molecule has 4 nitrogen and oxygen atoms in total. The molecule has 2 N–H and O–H groups in total. The van der Waals surface area contributed by atoms with Crippen molar-refractivity contribution < 1.29 is 5.11 Å². The molecule has 4 aromatic rings. The van der Waals surface area contributed by atoms with Crippen LogP contribution in [0.2, 0.25) is 0 Å². The lowest BCUT2D eigenvalue weighted by Gasteiger charge is -2.30. The van der Waals surface area contributed by atoms with Gasteiger partial charge in [-0.25, -0.2) is 4.68 Å². The fourth-order valence-electron chi connectivity index (χ4n) is 3.72. The van der Waals surface area contributed by atoms with E-state index < -0.39 is 0 Å². The first-order valence-corrected chi connectivity index (χ1v) is 8.35. The van der Waals surface area contributed by atoms with Gasteiger partial charge in [-0.3, -0.25) is 0 Å². The van der Waals surface area contributed by atoms with E-state index in [-0.39, 0.29) is 11.9 Å². The van der Waals surface area contributed by atoms with E-state index in [0.717, 1.165) is 39.0 Å². The Balaban J connectivity index is 1.81. The van der Waals surface area contributed by atoms with Crippen LogP contribution in [0.3, 0.4) is 0 Å². The molecule has 2 heterocycles. The number of aryl methyl sites for hydroxylation is 1. The van der Waals surface area contributed by atoms with Crippen LogP contribution in [0.1, 0.15) is 17.4 Å². The number of nitrogens with one attached hydrogen (secondary N) is 1. The topological polar surface area (TPSA) is 50.1 Å². The molecule has 0 saturated carbocycles. The Morgan fingerprint density at radius 2 is 1.80 bits per heavy atom. The predicted octanol–water partition coefficient (Wildman–Crippen LogP) is 4.69. The van der Waals surface area contributed by atoms with Crippen molar-refractivity contribution >= 4 is 16.5 Å². The van der Waals surface area contributed by atoms with Crippen LogP contribution in [-0.2, 0) is 0 Å². The lowest BCUT2D eigenvalue weighted by Crippen LogP contribution is -2.26. The second kappa shape index (κ2) is 5.11. The fourth-order valence-corrected chi connectivity index (χ4v) is 3.72. The highest BCUT2D eigenvalue weighted by Crippen LogP contribution is 2.42. The van der Waals surface area contributed by atoms with Gasteiger partial charge >= 0.3 is 0 Å². The minimum Gasteiger partial charge on any atom is -0.507 e. The normalized spacial score (nSPS) is 15.5. The Hall–Kier alpha value is -3.27. The van der Waals surface area contributed by atoms with Gasteiger partial charge in [0.2, 0.25) is 0 Å². The van der Waals surface area contributed by atoms with Crippen molar-refractivity contribution in [2.24, 2.45) is 0 Å². The van der Waals surface area contributed by atoms with Gasteiger partial charge in [0.25, 0.3) is 0 Å². The molecule has 0 amide bonds. The van der Waals surface area contributed by atoms with E-state index in [9.17, 15) is 5.11 Å². The number of phenolic OH excluding ortho intramolecular Hbond substituents is 1. The highest BCUT2D eigenvalue weighted by Gasteiger charge is 2.29. The van der Waals surface area contributed by atoms with E-state index in [4.69, 9.17) is 5.10 Å². The van der Waals surface area contributed by atoms with E-state index in [0.29, 0.717) is 0 Å². The van der Waals surface area contributed by atoms with E-state index in [1.807, 2.05) is 48.0 Å². The number of para-hydroxylation sites is 1. The maximum Gasteiger partial charge on any atom is 0.151 e. The van der Waals surface area contributed by atoms with Gasteiger partial charge in [0, 0.05) is 16.8 Å². The molecular weight excluding hydrogens is 310 g/mol. The van der Waals surface area contributed by atoms with Crippen LogP contribution in [0.5, 0.6) is 5.75 Å². The zero-order chi connectivity index (χ0) is 17.0. The van der Waals surface area contributed by atoms with Crippen molar-refractivity contribution in [3.63, 3.8) is 0 Å². The van der Waals surface area contributed by atoms with E-state index in [1.165, 1.54) is 0 Å². The van der Waals surface area contributed by atoms with Gasteiger partial charge in [0.1, 0.15) is 5.75 Å². The summed E-state index contributed by atoms with van der Waals surface area (Å²) in [6.07, 6.45) is -0.260. The van der Waals surface area contributed by atoms with Crippen LogP contribution in [-0.4, -0.2) is 14.9 Å². The molecule has 0 saturated heterocycles. The molecule has 0 radical (unpaired) electrons. The molecular formula is C21H17N3O. The minimum atomic E-state index is -0.260. The number of fused-ring (bicyclic) bond motifs is 4. The molecule has 25 heavy (non-hydrogen) atoms. The first-order valence-electron chi connectivity index (χ1n) is 8.35. The molecule has 3 aromatic carbocycles. The summed E-state index contributed by atoms with van der Waals surface area (Å²) in [6, 6.07) is 22.1. The largest absolute Gasteiger partial charge is 0.507 e. The van der Waals surface area contributed by atoms with E-state index in [1.54, 1.807) is 6.07 Å². The SMILES string of the molecule is Cc1cc2n(n1)C(c1c(O)ccc3ccccc13)Nc1ccccc1-2. The Labute approximate surface area is 145 Å². The number of rotatable bonds is 1. The summed E-state index contributed by atoms with van der Waals surface area (Å²) in [4.78, 5) is 0. The number of anilines is 1. The maximum absolute atomic E-state index is 10.7. The monoisotopic (exact) mass is 327 g/mol. The average molecular weight is 327 g/mol. The molecule has 1 aliphatic rings. The molecule has 0 aliphatic carbocycles. The third-order valence-electron chi connectivity index (χ3n) is 4.82. The zero-order valence-electron chi connectivity index (χ0n) is 13.8. The first-order chi connectivity index (χ1) is 12.2. The van der Waals surface area contributed by atoms with Crippen molar-refractivity contribution in [2.75, 3.05) is 5.32 Å². The van der Waals surface area contributed by atoms with Crippen molar-refractivity contribution in [1.82, 2.24) is 9.78 Å². The molecule has 1 atom stereocenters. The van der Waals surface area contributed by atoms with Crippen molar-refractivity contribution in [2.45, 2.75) is 13.1 Å². The standard InChI is InChI=1S/C21H17N3O/c1-13-12-18-16-8-4-5-9-17(16)22-21(24(18)23-13)20-15-7-3-2-6-14(15)10-11-19(20)25/h2-12,21-22,25H,1H3. The number of aromatic nitrogens is 2. The fraction of sp³-hybridized carbons (Fsp3) is 0.0952. The summed E-state index contributed by atoms with van der Waals surface area (Å²) in [5, 5.41) is 21.0. The Morgan fingerprint density at radius 3 is 2.72 bits per heavy atom. The molecule has 0 spiro atoms. The quantitative estimate of drug-likeness (QED) is 0.533. The van der Waals surface area contributed by atoms with Crippen LogP contribution in [0.4, 0.5) is 5.69 Å². The third kappa shape index (κ3) is 2.04.